The Hall–Kier alpha value is -1.43. The highest BCUT2D eigenvalue weighted by Gasteiger charge is 2.26. The van der Waals surface area contributed by atoms with Crippen molar-refractivity contribution in [2.75, 3.05) is 52.4 Å². The lowest BCUT2D eigenvalue weighted by atomic mass is 9.95. The van der Waals surface area contributed by atoms with Gasteiger partial charge in [-0.05, 0) is 56.2 Å². The summed E-state index contributed by atoms with van der Waals surface area (Å²) in [6, 6.07) is 8.62. The molecule has 168 valence electrons. The molecule has 3 rings (SSSR count). The van der Waals surface area contributed by atoms with E-state index in [0.29, 0.717) is 18.6 Å². The third kappa shape index (κ3) is 6.79. The summed E-state index contributed by atoms with van der Waals surface area (Å²) < 4.78 is 5.69. The maximum Gasteiger partial charge on any atom is 0.253 e. The number of carbonyl (C=O) groups excluding carboxylic acids is 1. The van der Waals surface area contributed by atoms with Crippen LogP contribution in [0.3, 0.4) is 0 Å². The van der Waals surface area contributed by atoms with E-state index in [0.717, 1.165) is 49.6 Å². The lowest BCUT2D eigenvalue weighted by Crippen LogP contribution is -2.50. The Kier molecular flexibility index (Phi) is 8.72. The zero-order chi connectivity index (χ0) is 21.5. The van der Waals surface area contributed by atoms with Crippen molar-refractivity contribution in [1.82, 2.24) is 14.7 Å². The van der Waals surface area contributed by atoms with Crippen LogP contribution in [-0.2, 0) is 11.3 Å². The van der Waals surface area contributed by atoms with Crippen LogP contribution >= 0.6 is 0 Å². The van der Waals surface area contributed by atoms with Crippen LogP contribution < -0.4 is 0 Å². The van der Waals surface area contributed by atoms with E-state index < -0.39 is 0 Å². The van der Waals surface area contributed by atoms with Gasteiger partial charge < -0.3 is 14.5 Å². The molecule has 0 aliphatic carbocycles. The van der Waals surface area contributed by atoms with Crippen molar-refractivity contribution in [2.24, 2.45) is 11.8 Å². The summed E-state index contributed by atoms with van der Waals surface area (Å²) in [5.74, 6) is 1.44. The molecule has 2 aliphatic rings. The predicted octanol–water partition coefficient (Wildman–Crippen LogP) is 3.74. The van der Waals surface area contributed by atoms with E-state index in [1.54, 1.807) is 0 Å². The van der Waals surface area contributed by atoms with Crippen molar-refractivity contribution in [3.63, 3.8) is 0 Å². The molecule has 0 spiro atoms. The summed E-state index contributed by atoms with van der Waals surface area (Å²) in [5.41, 5.74) is 1.93. The molecule has 0 aromatic heterocycles. The van der Waals surface area contributed by atoms with Crippen LogP contribution in [0.2, 0.25) is 0 Å². The standard InChI is InChI=1S/C25H41N3O2/c1-20(2)18-30-19-23-5-7-24(8-6-23)25(29)28-11-9-22(10-12-28)17-26-13-15-27(16-14-26)21(3)4/h5-8,20-22H,9-19H2,1-4H3. The Morgan fingerprint density at radius 2 is 1.60 bits per heavy atom. The number of benzene rings is 1. The summed E-state index contributed by atoms with van der Waals surface area (Å²) in [7, 11) is 0. The van der Waals surface area contributed by atoms with Gasteiger partial charge >= 0.3 is 0 Å². The number of piperazine rings is 1. The van der Waals surface area contributed by atoms with E-state index in [4.69, 9.17) is 4.74 Å². The molecule has 0 bridgehead atoms. The molecule has 5 nitrogen and oxygen atoms in total. The van der Waals surface area contributed by atoms with Gasteiger partial charge in [0.05, 0.1) is 6.61 Å². The van der Waals surface area contributed by atoms with Crippen molar-refractivity contribution in [1.29, 1.82) is 0 Å². The van der Waals surface area contributed by atoms with Crippen molar-refractivity contribution in [2.45, 2.75) is 53.2 Å². The normalized spacial score (nSPS) is 19.7. The number of piperidine rings is 1. The first-order valence-electron chi connectivity index (χ1n) is 11.8. The lowest BCUT2D eigenvalue weighted by Gasteiger charge is -2.40. The third-order valence-electron chi connectivity index (χ3n) is 6.48. The van der Waals surface area contributed by atoms with Gasteiger partial charge in [-0.3, -0.25) is 9.69 Å². The number of rotatable bonds is 8. The Morgan fingerprint density at radius 3 is 2.17 bits per heavy atom. The smallest absolute Gasteiger partial charge is 0.253 e. The maximum absolute atomic E-state index is 12.9. The zero-order valence-electron chi connectivity index (χ0n) is 19.5. The number of hydrogen-bond donors (Lipinski definition) is 0. The molecule has 30 heavy (non-hydrogen) atoms. The predicted molar refractivity (Wildman–Crippen MR) is 123 cm³/mol. The lowest BCUT2D eigenvalue weighted by molar-refractivity contribution is 0.0611. The zero-order valence-corrected chi connectivity index (χ0v) is 19.5. The van der Waals surface area contributed by atoms with Crippen LogP contribution in [0.1, 0.15) is 56.5 Å². The minimum atomic E-state index is 0.175. The van der Waals surface area contributed by atoms with Gasteiger partial charge in [0.1, 0.15) is 0 Å². The van der Waals surface area contributed by atoms with Gasteiger partial charge in [-0.15, -0.1) is 0 Å². The number of likely N-dealkylation sites (tertiary alicyclic amines) is 1. The van der Waals surface area contributed by atoms with E-state index in [-0.39, 0.29) is 5.91 Å². The first-order chi connectivity index (χ1) is 14.4. The van der Waals surface area contributed by atoms with Gasteiger partial charge in [-0.25, -0.2) is 0 Å². The molecule has 2 heterocycles. The molecular formula is C25H41N3O2. The average molecular weight is 416 g/mol. The SMILES string of the molecule is CC(C)COCc1ccc(C(=O)N2CCC(CN3CCN(C(C)C)CC3)CC2)cc1. The van der Waals surface area contributed by atoms with Gasteiger partial charge in [-0.2, -0.15) is 0 Å². The maximum atomic E-state index is 12.9. The minimum absolute atomic E-state index is 0.175. The number of hydrogen-bond acceptors (Lipinski definition) is 4. The summed E-state index contributed by atoms with van der Waals surface area (Å²) >= 11 is 0. The van der Waals surface area contributed by atoms with Gasteiger partial charge in [0, 0.05) is 64.0 Å². The molecule has 1 aromatic carbocycles. The molecule has 5 heteroatoms. The van der Waals surface area contributed by atoms with Gasteiger partial charge in [0.2, 0.25) is 0 Å². The van der Waals surface area contributed by atoms with Crippen LogP contribution in [0, 0.1) is 11.8 Å². The van der Waals surface area contributed by atoms with Crippen LogP contribution in [0.5, 0.6) is 0 Å². The highest BCUT2D eigenvalue weighted by molar-refractivity contribution is 5.94. The van der Waals surface area contributed by atoms with Crippen molar-refractivity contribution in [3.8, 4) is 0 Å². The third-order valence-corrected chi connectivity index (χ3v) is 6.48. The topological polar surface area (TPSA) is 36.0 Å². The van der Waals surface area contributed by atoms with E-state index in [1.807, 2.05) is 29.2 Å². The molecule has 0 unspecified atom stereocenters. The van der Waals surface area contributed by atoms with Crippen molar-refractivity contribution in [3.05, 3.63) is 35.4 Å². The molecule has 1 aromatic rings. The summed E-state index contributed by atoms with van der Waals surface area (Å²) in [4.78, 5) is 20.1. The Balaban J connectivity index is 1.40. The minimum Gasteiger partial charge on any atom is -0.377 e. The molecule has 0 saturated carbocycles. The van der Waals surface area contributed by atoms with Gasteiger partial charge in [0.15, 0.2) is 0 Å². The largest absolute Gasteiger partial charge is 0.377 e. The molecule has 0 radical (unpaired) electrons. The number of amides is 1. The fourth-order valence-electron chi connectivity index (χ4n) is 4.48. The van der Waals surface area contributed by atoms with Gasteiger partial charge in [0.25, 0.3) is 5.91 Å². The van der Waals surface area contributed by atoms with Crippen molar-refractivity contribution < 1.29 is 9.53 Å². The van der Waals surface area contributed by atoms with Crippen LogP contribution in [0.25, 0.3) is 0 Å². The first-order valence-corrected chi connectivity index (χ1v) is 11.8. The molecule has 2 fully saturated rings. The van der Waals surface area contributed by atoms with E-state index >= 15 is 0 Å². The van der Waals surface area contributed by atoms with Crippen LogP contribution in [-0.4, -0.2) is 79.1 Å². The second kappa shape index (κ2) is 11.3. The average Bonchev–Trinajstić information content (AvgIpc) is 2.74. The van der Waals surface area contributed by atoms with E-state index in [2.05, 4.69) is 37.5 Å². The number of ether oxygens (including phenoxy) is 1. The van der Waals surface area contributed by atoms with Crippen LogP contribution in [0.4, 0.5) is 0 Å². The Labute approximate surface area is 183 Å². The highest BCUT2D eigenvalue weighted by atomic mass is 16.5. The molecule has 2 saturated heterocycles. The van der Waals surface area contributed by atoms with Crippen molar-refractivity contribution >= 4 is 5.91 Å². The van der Waals surface area contributed by atoms with Gasteiger partial charge in [-0.1, -0.05) is 26.0 Å². The van der Waals surface area contributed by atoms with E-state index in [1.165, 1.54) is 32.7 Å². The highest BCUT2D eigenvalue weighted by Crippen LogP contribution is 2.21. The summed E-state index contributed by atoms with van der Waals surface area (Å²) in [6.45, 7) is 18.0. The second-order valence-electron chi connectivity index (χ2n) is 9.77. The Bertz CT molecular complexity index is 643. The number of nitrogens with zero attached hydrogens (tertiary/aromatic N) is 3. The number of carbonyl (C=O) groups is 1. The van der Waals surface area contributed by atoms with E-state index in [9.17, 15) is 4.79 Å². The summed E-state index contributed by atoms with van der Waals surface area (Å²) in [6.07, 6.45) is 2.24. The monoisotopic (exact) mass is 415 g/mol. The quantitative estimate of drug-likeness (QED) is 0.648. The summed E-state index contributed by atoms with van der Waals surface area (Å²) in [5, 5.41) is 0. The molecule has 1 amide bonds. The first kappa shape index (κ1) is 23.2. The fraction of sp³-hybridized carbons (Fsp3) is 0.720. The molecular weight excluding hydrogens is 374 g/mol. The molecule has 0 atom stereocenters. The molecule has 0 N–H and O–H groups in total. The Morgan fingerprint density at radius 1 is 0.967 bits per heavy atom. The second-order valence-corrected chi connectivity index (χ2v) is 9.77. The van der Waals surface area contributed by atoms with Crippen LogP contribution in [0.15, 0.2) is 24.3 Å². The fourth-order valence-corrected chi connectivity index (χ4v) is 4.48. The molecule has 2 aliphatic heterocycles.